The number of benzene rings is 2. The standard InChI is InChI=1S/C21H21F2N5O2/c1-11-7-12(2)19(13(3)8-11)25-21(30)20-14(4)28(27-26-20)10-18(29)24-17-9-15(22)5-6-16(17)23/h5-9H,10H2,1-4H3,(H,24,29)(H,25,30). The van der Waals surface area contributed by atoms with Crippen LogP contribution in [-0.2, 0) is 11.3 Å². The summed E-state index contributed by atoms with van der Waals surface area (Å²) in [5, 5.41) is 12.8. The van der Waals surface area contributed by atoms with Gasteiger partial charge in [0.25, 0.3) is 5.91 Å². The molecule has 3 aromatic rings. The Labute approximate surface area is 172 Å². The van der Waals surface area contributed by atoms with E-state index in [2.05, 4.69) is 20.9 Å². The van der Waals surface area contributed by atoms with Gasteiger partial charge in [0.05, 0.1) is 11.4 Å². The van der Waals surface area contributed by atoms with Crippen LogP contribution in [0.1, 0.15) is 32.9 Å². The topological polar surface area (TPSA) is 88.9 Å². The van der Waals surface area contributed by atoms with Gasteiger partial charge in [-0.25, -0.2) is 13.5 Å². The molecule has 7 nitrogen and oxygen atoms in total. The van der Waals surface area contributed by atoms with E-state index in [1.165, 1.54) is 4.68 Å². The average molecular weight is 413 g/mol. The van der Waals surface area contributed by atoms with Gasteiger partial charge in [0.2, 0.25) is 5.91 Å². The molecule has 0 saturated heterocycles. The minimum atomic E-state index is -0.760. The van der Waals surface area contributed by atoms with Crippen molar-refractivity contribution in [3.05, 3.63) is 70.0 Å². The molecule has 0 fully saturated rings. The van der Waals surface area contributed by atoms with Crippen molar-refractivity contribution in [3.8, 4) is 0 Å². The van der Waals surface area contributed by atoms with Crippen LogP contribution in [0.25, 0.3) is 0 Å². The van der Waals surface area contributed by atoms with Crippen molar-refractivity contribution in [2.24, 2.45) is 0 Å². The maximum atomic E-state index is 13.7. The van der Waals surface area contributed by atoms with Gasteiger partial charge < -0.3 is 10.6 Å². The molecule has 0 saturated carbocycles. The third kappa shape index (κ3) is 4.51. The van der Waals surface area contributed by atoms with Gasteiger partial charge in [-0.05, 0) is 51.0 Å². The first-order valence-corrected chi connectivity index (χ1v) is 9.20. The lowest BCUT2D eigenvalue weighted by Crippen LogP contribution is -2.21. The van der Waals surface area contributed by atoms with Crippen LogP contribution in [0.4, 0.5) is 20.2 Å². The molecular weight excluding hydrogens is 392 g/mol. The number of amides is 2. The molecule has 0 atom stereocenters. The van der Waals surface area contributed by atoms with E-state index in [9.17, 15) is 18.4 Å². The number of halogens is 2. The van der Waals surface area contributed by atoms with E-state index in [4.69, 9.17) is 0 Å². The summed E-state index contributed by atoms with van der Waals surface area (Å²) in [6.45, 7) is 7.05. The van der Waals surface area contributed by atoms with Crippen molar-refractivity contribution in [3.63, 3.8) is 0 Å². The summed E-state index contributed by atoms with van der Waals surface area (Å²) in [5.74, 6) is -2.52. The second kappa shape index (κ2) is 8.40. The van der Waals surface area contributed by atoms with Gasteiger partial charge in [0.1, 0.15) is 18.2 Å². The Morgan fingerprint density at radius 1 is 1.00 bits per heavy atom. The first-order valence-electron chi connectivity index (χ1n) is 9.20. The highest BCUT2D eigenvalue weighted by molar-refractivity contribution is 6.04. The van der Waals surface area contributed by atoms with Gasteiger partial charge >= 0.3 is 0 Å². The van der Waals surface area contributed by atoms with Gasteiger partial charge in [-0.15, -0.1) is 5.10 Å². The molecule has 0 radical (unpaired) electrons. The second-order valence-electron chi connectivity index (χ2n) is 7.08. The minimum Gasteiger partial charge on any atom is -0.322 e. The zero-order valence-electron chi connectivity index (χ0n) is 17.0. The van der Waals surface area contributed by atoms with Crippen molar-refractivity contribution in [2.75, 3.05) is 10.6 Å². The van der Waals surface area contributed by atoms with Crippen molar-refractivity contribution in [2.45, 2.75) is 34.2 Å². The lowest BCUT2D eigenvalue weighted by Gasteiger charge is -2.12. The fourth-order valence-electron chi connectivity index (χ4n) is 3.19. The number of rotatable bonds is 5. The number of nitrogens with one attached hydrogen (secondary N) is 2. The Morgan fingerprint density at radius 3 is 2.33 bits per heavy atom. The van der Waals surface area contributed by atoms with E-state index in [0.29, 0.717) is 11.4 Å². The van der Waals surface area contributed by atoms with Crippen LogP contribution in [0.2, 0.25) is 0 Å². The molecule has 3 rings (SSSR count). The van der Waals surface area contributed by atoms with Crippen LogP contribution >= 0.6 is 0 Å². The number of carbonyl (C=O) groups excluding carboxylic acids is 2. The predicted octanol–water partition coefficient (Wildman–Crippen LogP) is 3.68. The molecular formula is C21H21F2N5O2. The summed E-state index contributed by atoms with van der Waals surface area (Å²) in [7, 11) is 0. The van der Waals surface area contributed by atoms with Crippen molar-refractivity contribution >= 4 is 23.2 Å². The number of carbonyl (C=O) groups is 2. The number of anilines is 2. The highest BCUT2D eigenvalue weighted by Gasteiger charge is 2.20. The Balaban J connectivity index is 1.73. The molecule has 0 aliphatic carbocycles. The zero-order chi connectivity index (χ0) is 22.0. The van der Waals surface area contributed by atoms with Crippen LogP contribution in [0.15, 0.2) is 30.3 Å². The lowest BCUT2D eigenvalue weighted by atomic mass is 10.0. The first-order chi connectivity index (χ1) is 14.2. The maximum Gasteiger partial charge on any atom is 0.278 e. The first kappa shape index (κ1) is 21.1. The van der Waals surface area contributed by atoms with Crippen molar-refractivity contribution in [1.29, 1.82) is 0 Å². The molecule has 2 N–H and O–H groups in total. The average Bonchev–Trinajstić information content (AvgIpc) is 3.01. The zero-order valence-corrected chi connectivity index (χ0v) is 17.0. The van der Waals surface area contributed by atoms with Crippen LogP contribution < -0.4 is 10.6 Å². The Hall–Kier alpha value is -3.62. The molecule has 0 spiro atoms. The van der Waals surface area contributed by atoms with Crippen LogP contribution in [0, 0.1) is 39.3 Å². The summed E-state index contributed by atoms with van der Waals surface area (Å²) in [4.78, 5) is 24.9. The molecule has 0 aliphatic rings. The fraction of sp³-hybridized carbons (Fsp3) is 0.238. The summed E-state index contributed by atoms with van der Waals surface area (Å²) >= 11 is 0. The molecule has 0 unspecified atom stereocenters. The van der Waals surface area contributed by atoms with Gasteiger partial charge in [-0.2, -0.15) is 0 Å². The van der Waals surface area contributed by atoms with Crippen LogP contribution in [0.3, 0.4) is 0 Å². The van der Waals surface area contributed by atoms with Gasteiger partial charge in [-0.3, -0.25) is 9.59 Å². The Morgan fingerprint density at radius 2 is 1.67 bits per heavy atom. The number of aryl methyl sites for hydroxylation is 3. The molecule has 0 bridgehead atoms. The molecule has 1 aromatic heterocycles. The monoisotopic (exact) mass is 413 g/mol. The molecule has 156 valence electrons. The summed E-state index contributed by atoms with van der Waals surface area (Å²) < 4.78 is 28.2. The predicted molar refractivity (Wildman–Crippen MR) is 108 cm³/mol. The van der Waals surface area contributed by atoms with E-state index in [1.807, 2.05) is 32.9 Å². The van der Waals surface area contributed by atoms with Crippen LogP contribution in [0.5, 0.6) is 0 Å². The minimum absolute atomic E-state index is 0.0686. The quantitative estimate of drug-likeness (QED) is 0.668. The molecule has 30 heavy (non-hydrogen) atoms. The summed E-state index contributed by atoms with van der Waals surface area (Å²) in [6, 6.07) is 6.68. The highest BCUT2D eigenvalue weighted by atomic mass is 19.1. The van der Waals surface area contributed by atoms with E-state index in [-0.39, 0.29) is 17.9 Å². The molecule has 9 heteroatoms. The lowest BCUT2D eigenvalue weighted by molar-refractivity contribution is -0.117. The number of aromatic nitrogens is 3. The van der Waals surface area contributed by atoms with Gasteiger partial charge in [-0.1, -0.05) is 22.9 Å². The highest BCUT2D eigenvalue weighted by Crippen LogP contribution is 2.23. The number of nitrogens with zero attached hydrogens (tertiary/aromatic N) is 3. The second-order valence-corrected chi connectivity index (χ2v) is 7.08. The summed E-state index contributed by atoms with van der Waals surface area (Å²) in [5.41, 5.74) is 3.78. The SMILES string of the molecule is Cc1cc(C)c(NC(=O)c2nnn(CC(=O)Nc3cc(F)ccc3F)c2C)c(C)c1. The largest absolute Gasteiger partial charge is 0.322 e. The van der Waals surface area contributed by atoms with E-state index < -0.39 is 23.4 Å². The molecule has 2 amide bonds. The third-order valence-corrected chi connectivity index (χ3v) is 4.61. The smallest absolute Gasteiger partial charge is 0.278 e. The fourth-order valence-corrected chi connectivity index (χ4v) is 3.19. The third-order valence-electron chi connectivity index (χ3n) is 4.61. The summed E-state index contributed by atoms with van der Waals surface area (Å²) in [6.07, 6.45) is 0. The van der Waals surface area contributed by atoms with E-state index in [1.54, 1.807) is 6.92 Å². The molecule has 0 aliphatic heterocycles. The van der Waals surface area contributed by atoms with E-state index in [0.717, 1.165) is 34.9 Å². The van der Waals surface area contributed by atoms with Gasteiger partial charge in [0.15, 0.2) is 5.69 Å². The van der Waals surface area contributed by atoms with Crippen LogP contribution in [-0.4, -0.2) is 26.8 Å². The number of hydrogen-bond acceptors (Lipinski definition) is 4. The van der Waals surface area contributed by atoms with E-state index >= 15 is 0 Å². The molecule has 2 aromatic carbocycles. The van der Waals surface area contributed by atoms with Crippen molar-refractivity contribution in [1.82, 2.24) is 15.0 Å². The maximum absolute atomic E-state index is 13.7. The Kier molecular flexibility index (Phi) is 5.91. The normalized spacial score (nSPS) is 10.7. The Bertz CT molecular complexity index is 1120. The molecule has 1 heterocycles. The van der Waals surface area contributed by atoms with Crippen molar-refractivity contribution < 1.29 is 18.4 Å². The number of hydrogen-bond donors (Lipinski definition) is 2. The van der Waals surface area contributed by atoms with Gasteiger partial charge in [0, 0.05) is 11.8 Å².